The summed E-state index contributed by atoms with van der Waals surface area (Å²) < 4.78 is 5.97. The van der Waals surface area contributed by atoms with Gasteiger partial charge in [0.2, 0.25) is 0 Å². The molecule has 1 heterocycles. The molecule has 0 aliphatic carbocycles. The van der Waals surface area contributed by atoms with Crippen molar-refractivity contribution < 1.29 is 14.3 Å². The lowest BCUT2D eigenvalue weighted by molar-refractivity contribution is -0.136. The number of fused-ring (bicyclic) bond motifs is 1. The number of nitrogens with zero attached hydrogens (tertiary/aromatic N) is 1. The van der Waals surface area contributed by atoms with Crippen LogP contribution in [0.3, 0.4) is 0 Å². The van der Waals surface area contributed by atoms with E-state index in [2.05, 4.69) is 11.4 Å². The fourth-order valence-corrected chi connectivity index (χ4v) is 4.49. The van der Waals surface area contributed by atoms with Gasteiger partial charge in [0, 0.05) is 26.1 Å². The first-order valence-corrected chi connectivity index (χ1v) is 10.6. The Labute approximate surface area is 189 Å². The summed E-state index contributed by atoms with van der Waals surface area (Å²) in [6.07, 6.45) is 1.65. The van der Waals surface area contributed by atoms with Gasteiger partial charge in [0.25, 0.3) is 5.91 Å². The predicted molar refractivity (Wildman–Crippen MR) is 126 cm³/mol. The van der Waals surface area contributed by atoms with Gasteiger partial charge in [-0.25, -0.2) is 4.79 Å². The Morgan fingerprint density at radius 3 is 2.34 bits per heavy atom. The maximum Gasteiger partial charge on any atom is 0.354 e. The van der Waals surface area contributed by atoms with E-state index in [1.165, 1.54) is 7.11 Å². The van der Waals surface area contributed by atoms with Gasteiger partial charge in [-0.3, -0.25) is 4.79 Å². The molecule has 0 radical (unpaired) electrons. The average molecular weight is 439 g/mol. The number of carbonyl (C=O) groups is 2. The molecule has 3 aromatic carbocycles. The van der Waals surface area contributed by atoms with E-state index < -0.39 is 11.9 Å². The number of rotatable bonds is 5. The van der Waals surface area contributed by atoms with Crippen molar-refractivity contribution in [3.8, 4) is 16.5 Å². The van der Waals surface area contributed by atoms with Crippen LogP contribution >= 0.6 is 11.3 Å². The van der Waals surface area contributed by atoms with E-state index in [1.807, 2.05) is 42.5 Å². The Morgan fingerprint density at radius 2 is 1.66 bits per heavy atom. The molecule has 1 aromatic heterocycles. The van der Waals surface area contributed by atoms with Crippen LogP contribution in [0.1, 0.15) is 21.5 Å². The average Bonchev–Trinajstić information content (AvgIpc) is 3.22. The molecular formula is C26H18N2O3S. The van der Waals surface area contributed by atoms with Crippen molar-refractivity contribution in [3.05, 3.63) is 101 Å². The highest BCUT2D eigenvalue weighted by atomic mass is 32.1. The number of nitriles is 1. The smallest absolute Gasteiger partial charge is 0.354 e. The summed E-state index contributed by atoms with van der Waals surface area (Å²) in [6, 6.07) is 25.9. The van der Waals surface area contributed by atoms with Crippen LogP contribution in [0.4, 0.5) is 0 Å². The molecule has 32 heavy (non-hydrogen) atoms. The molecule has 0 aliphatic rings. The summed E-state index contributed by atoms with van der Waals surface area (Å²) in [6.45, 7) is 0. The van der Waals surface area contributed by atoms with Crippen LogP contribution in [0, 0.1) is 11.3 Å². The summed E-state index contributed by atoms with van der Waals surface area (Å²) in [5, 5.41) is 12.7. The Hall–Kier alpha value is -4.21. The Bertz CT molecular complexity index is 1360. The maximum absolute atomic E-state index is 12.7. The van der Waals surface area contributed by atoms with Crippen LogP contribution in [-0.4, -0.2) is 19.0 Å². The quantitative estimate of drug-likeness (QED) is 0.335. The Morgan fingerprint density at radius 1 is 0.969 bits per heavy atom. The normalized spacial score (nSPS) is 11.1. The fourth-order valence-electron chi connectivity index (χ4n) is 3.30. The lowest BCUT2D eigenvalue weighted by Crippen LogP contribution is -2.28. The SMILES string of the molecule is COC(=O)/C(=C\c1c(-c2ccc(C#N)cc2)sc2ccccc12)NC(=O)c1ccccc1. The number of thiophene rings is 1. The Kier molecular flexibility index (Phi) is 6.11. The van der Waals surface area contributed by atoms with Gasteiger partial charge in [-0.2, -0.15) is 5.26 Å². The summed E-state index contributed by atoms with van der Waals surface area (Å²) in [5.41, 5.74) is 2.75. The van der Waals surface area contributed by atoms with Gasteiger partial charge >= 0.3 is 5.97 Å². The predicted octanol–water partition coefficient (Wildman–Crippen LogP) is 5.38. The van der Waals surface area contributed by atoms with Gasteiger partial charge in [-0.15, -0.1) is 11.3 Å². The van der Waals surface area contributed by atoms with E-state index in [4.69, 9.17) is 10.00 Å². The summed E-state index contributed by atoms with van der Waals surface area (Å²) in [4.78, 5) is 26.2. The number of hydrogen-bond donors (Lipinski definition) is 1. The second kappa shape index (κ2) is 9.29. The lowest BCUT2D eigenvalue weighted by atomic mass is 10.0. The molecule has 0 saturated carbocycles. The zero-order valence-electron chi connectivity index (χ0n) is 17.2. The van der Waals surface area contributed by atoms with Crippen molar-refractivity contribution in [3.63, 3.8) is 0 Å². The highest BCUT2D eigenvalue weighted by molar-refractivity contribution is 7.22. The molecule has 1 amide bonds. The molecule has 0 aliphatic heterocycles. The number of benzene rings is 3. The van der Waals surface area contributed by atoms with Crippen LogP contribution < -0.4 is 5.32 Å². The van der Waals surface area contributed by atoms with Gasteiger partial charge in [-0.1, -0.05) is 48.5 Å². The van der Waals surface area contributed by atoms with Crippen molar-refractivity contribution in [2.45, 2.75) is 0 Å². The lowest BCUT2D eigenvalue weighted by Gasteiger charge is -2.09. The molecule has 0 fully saturated rings. The minimum atomic E-state index is -0.643. The van der Waals surface area contributed by atoms with Gasteiger partial charge in [0.05, 0.1) is 18.7 Å². The molecule has 0 saturated heterocycles. The minimum absolute atomic E-state index is 0.0415. The van der Waals surface area contributed by atoms with E-state index in [1.54, 1.807) is 53.8 Å². The van der Waals surface area contributed by atoms with E-state index in [0.29, 0.717) is 11.1 Å². The van der Waals surface area contributed by atoms with E-state index >= 15 is 0 Å². The van der Waals surface area contributed by atoms with Gasteiger partial charge < -0.3 is 10.1 Å². The first kappa shape index (κ1) is 21.0. The topological polar surface area (TPSA) is 79.2 Å². The van der Waals surface area contributed by atoms with Crippen LogP contribution in [0.2, 0.25) is 0 Å². The highest BCUT2D eigenvalue weighted by Crippen LogP contribution is 2.40. The molecule has 6 heteroatoms. The van der Waals surface area contributed by atoms with Crippen molar-refractivity contribution in [1.29, 1.82) is 5.26 Å². The number of ether oxygens (including phenoxy) is 1. The minimum Gasteiger partial charge on any atom is -0.464 e. The second-order valence-corrected chi connectivity index (χ2v) is 7.95. The van der Waals surface area contributed by atoms with E-state index in [0.717, 1.165) is 26.1 Å². The zero-order chi connectivity index (χ0) is 22.5. The number of amides is 1. The molecule has 4 rings (SSSR count). The highest BCUT2D eigenvalue weighted by Gasteiger charge is 2.19. The molecule has 5 nitrogen and oxygen atoms in total. The molecule has 4 aromatic rings. The third-order valence-corrected chi connectivity index (χ3v) is 6.12. The van der Waals surface area contributed by atoms with Gasteiger partial charge in [0.15, 0.2) is 0 Å². The number of carbonyl (C=O) groups excluding carboxylic acids is 2. The van der Waals surface area contributed by atoms with E-state index in [-0.39, 0.29) is 5.70 Å². The monoisotopic (exact) mass is 438 g/mol. The van der Waals surface area contributed by atoms with Gasteiger partial charge in [0.1, 0.15) is 5.70 Å². The second-order valence-electron chi connectivity index (χ2n) is 6.90. The number of nitrogens with one attached hydrogen (secondary N) is 1. The van der Waals surface area contributed by atoms with Crippen LogP contribution in [0.5, 0.6) is 0 Å². The molecule has 0 unspecified atom stereocenters. The van der Waals surface area contributed by atoms with Crippen LogP contribution in [0.15, 0.2) is 84.6 Å². The molecular weight excluding hydrogens is 420 g/mol. The third kappa shape index (κ3) is 4.29. The van der Waals surface area contributed by atoms with Crippen molar-refractivity contribution in [2.24, 2.45) is 0 Å². The first-order valence-electron chi connectivity index (χ1n) is 9.79. The molecule has 0 bridgehead atoms. The summed E-state index contributed by atoms with van der Waals surface area (Å²) >= 11 is 1.57. The van der Waals surface area contributed by atoms with Gasteiger partial charge in [-0.05, 0) is 42.0 Å². The van der Waals surface area contributed by atoms with Crippen LogP contribution in [-0.2, 0) is 9.53 Å². The van der Waals surface area contributed by atoms with Crippen LogP contribution in [0.25, 0.3) is 26.6 Å². The summed E-state index contributed by atoms with van der Waals surface area (Å²) in [7, 11) is 1.28. The van der Waals surface area contributed by atoms with E-state index in [9.17, 15) is 9.59 Å². The molecule has 156 valence electrons. The summed E-state index contributed by atoms with van der Waals surface area (Å²) in [5.74, 6) is -1.04. The largest absolute Gasteiger partial charge is 0.464 e. The van der Waals surface area contributed by atoms with Crippen molar-refractivity contribution in [2.75, 3.05) is 7.11 Å². The third-order valence-electron chi connectivity index (χ3n) is 4.89. The van der Waals surface area contributed by atoms with Crippen molar-refractivity contribution in [1.82, 2.24) is 5.32 Å². The zero-order valence-corrected chi connectivity index (χ0v) is 18.0. The molecule has 0 atom stereocenters. The Balaban J connectivity index is 1.84. The van der Waals surface area contributed by atoms with Crippen molar-refractivity contribution >= 4 is 39.4 Å². The molecule has 1 N–H and O–H groups in total. The number of esters is 1. The standard InChI is InChI=1S/C26H18N2O3S/c1-31-26(30)22(28-25(29)19-7-3-2-4-8-19)15-21-20-9-5-6-10-23(20)32-24(21)18-13-11-17(16-27)12-14-18/h2-15H,1H3,(H,28,29)/b22-15+. The number of methoxy groups -OCH3 is 1. The number of hydrogen-bond acceptors (Lipinski definition) is 5. The first-order chi connectivity index (χ1) is 15.6. The maximum atomic E-state index is 12.7. The fraction of sp³-hybridized carbons (Fsp3) is 0.0385. The molecule has 0 spiro atoms.